The Hall–Kier alpha value is -0.830. The highest BCUT2D eigenvalue weighted by molar-refractivity contribution is 5.74. The van der Waals surface area contributed by atoms with Gasteiger partial charge in [-0.05, 0) is 109 Å². The van der Waals surface area contributed by atoms with Crippen molar-refractivity contribution in [3.63, 3.8) is 0 Å². The first-order valence-corrected chi connectivity index (χ1v) is 13.7. The fourth-order valence-electron chi connectivity index (χ4n) is 10.6. The van der Waals surface area contributed by atoms with E-state index in [2.05, 4.69) is 54.5 Å². The van der Waals surface area contributed by atoms with Crippen LogP contribution in [0.15, 0.2) is 11.6 Å². The summed E-state index contributed by atoms with van der Waals surface area (Å²) in [6, 6.07) is 0. The Bertz CT molecular complexity index is 885. The summed E-state index contributed by atoms with van der Waals surface area (Å²) in [5.74, 6) is 0.469. The molecule has 0 aromatic carbocycles. The van der Waals surface area contributed by atoms with Gasteiger partial charge in [0.1, 0.15) is 0 Å². The van der Waals surface area contributed by atoms with Crippen molar-refractivity contribution in [2.45, 2.75) is 119 Å². The third-order valence-corrected chi connectivity index (χ3v) is 13.0. The number of aliphatic hydroxyl groups is 1. The number of fused-ring (bicyclic) bond motifs is 7. The SMILES string of the molecule is CC1(C)CC[C@]2(C(=O)[O-])CC[C@]3(C)C(=CC[C@@H]4[C@@]5(C)CC[C@H](O)C(C)(C)[C@@H]5CC[C@]43C)[C@@H]2C1. The minimum absolute atomic E-state index is 0.0384. The molecule has 0 bridgehead atoms. The molecule has 0 unspecified atom stereocenters. The van der Waals surface area contributed by atoms with Gasteiger partial charge < -0.3 is 15.0 Å². The van der Waals surface area contributed by atoms with E-state index >= 15 is 0 Å². The van der Waals surface area contributed by atoms with Crippen LogP contribution in [-0.2, 0) is 4.79 Å². The first-order valence-electron chi connectivity index (χ1n) is 13.7. The van der Waals surface area contributed by atoms with Crippen molar-refractivity contribution in [1.29, 1.82) is 0 Å². The van der Waals surface area contributed by atoms with Crippen LogP contribution in [0.2, 0.25) is 0 Å². The smallest absolute Gasteiger partial charge is 0.0594 e. The van der Waals surface area contributed by atoms with E-state index in [-0.39, 0.29) is 39.1 Å². The number of carbonyl (C=O) groups is 1. The average Bonchev–Trinajstić information content (AvgIpc) is 2.71. The summed E-state index contributed by atoms with van der Waals surface area (Å²) in [4.78, 5) is 12.6. The van der Waals surface area contributed by atoms with Gasteiger partial charge in [0.05, 0.1) is 6.10 Å². The molecule has 4 saturated carbocycles. The fourth-order valence-corrected chi connectivity index (χ4v) is 10.6. The second-order valence-electron chi connectivity index (χ2n) is 15.0. The molecule has 186 valence electrons. The number of hydrogen-bond donors (Lipinski definition) is 1. The van der Waals surface area contributed by atoms with Crippen LogP contribution in [0, 0.1) is 50.2 Å². The molecular weight excluding hydrogens is 408 g/mol. The van der Waals surface area contributed by atoms with Crippen LogP contribution in [0.25, 0.3) is 0 Å². The lowest BCUT2D eigenvalue weighted by Gasteiger charge is -2.71. The van der Waals surface area contributed by atoms with Crippen molar-refractivity contribution >= 4 is 5.97 Å². The Morgan fingerprint density at radius 3 is 2.24 bits per heavy atom. The molecule has 8 atom stereocenters. The van der Waals surface area contributed by atoms with Crippen LogP contribution >= 0.6 is 0 Å². The molecule has 3 heteroatoms. The van der Waals surface area contributed by atoms with Gasteiger partial charge in [-0.25, -0.2) is 0 Å². The number of carbonyl (C=O) groups excluding carboxylic acids is 1. The van der Waals surface area contributed by atoms with Crippen LogP contribution in [-0.4, -0.2) is 17.2 Å². The number of aliphatic hydroxyl groups excluding tert-OH is 1. The molecule has 5 rings (SSSR count). The topological polar surface area (TPSA) is 60.4 Å². The molecule has 0 radical (unpaired) electrons. The summed E-state index contributed by atoms with van der Waals surface area (Å²) in [5, 5.41) is 23.5. The molecule has 3 nitrogen and oxygen atoms in total. The van der Waals surface area contributed by atoms with Crippen LogP contribution in [0.4, 0.5) is 0 Å². The predicted octanol–water partition coefficient (Wildman–Crippen LogP) is 5.90. The van der Waals surface area contributed by atoms with Crippen molar-refractivity contribution in [2.75, 3.05) is 0 Å². The van der Waals surface area contributed by atoms with Gasteiger partial charge in [-0.3, -0.25) is 0 Å². The molecule has 0 aromatic rings. The molecule has 4 fully saturated rings. The summed E-state index contributed by atoms with van der Waals surface area (Å²) >= 11 is 0. The zero-order valence-electron chi connectivity index (χ0n) is 22.2. The van der Waals surface area contributed by atoms with Crippen LogP contribution in [0.5, 0.6) is 0 Å². The van der Waals surface area contributed by atoms with Gasteiger partial charge in [-0.1, -0.05) is 60.1 Å². The van der Waals surface area contributed by atoms with Gasteiger partial charge in [0.2, 0.25) is 0 Å². The monoisotopic (exact) mass is 455 g/mol. The first kappa shape index (κ1) is 23.9. The molecule has 5 aliphatic rings. The predicted molar refractivity (Wildman–Crippen MR) is 130 cm³/mol. The van der Waals surface area contributed by atoms with E-state index in [1.54, 1.807) is 0 Å². The van der Waals surface area contributed by atoms with E-state index in [1.807, 2.05) is 0 Å². The molecule has 0 spiro atoms. The Morgan fingerprint density at radius 1 is 0.909 bits per heavy atom. The molecule has 0 aromatic heterocycles. The third-order valence-electron chi connectivity index (χ3n) is 13.0. The Morgan fingerprint density at radius 2 is 1.58 bits per heavy atom. The highest BCUT2D eigenvalue weighted by Crippen LogP contribution is 2.75. The van der Waals surface area contributed by atoms with E-state index < -0.39 is 11.4 Å². The summed E-state index contributed by atoms with van der Waals surface area (Å²) in [7, 11) is 0. The number of carboxylic acid groups (broad SMARTS) is 1. The maximum absolute atomic E-state index is 12.6. The van der Waals surface area contributed by atoms with Gasteiger partial charge in [-0.15, -0.1) is 0 Å². The third kappa shape index (κ3) is 2.87. The normalized spacial score (nSPS) is 52.4. The summed E-state index contributed by atoms with van der Waals surface area (Å²) < 4.78 is 0. The van der Waals surface area contributed by atoms with Crippen LogP contribution in [0.3, 0.4) is 0 Å². The molecule has 0 saturated heterocycles. The lowest BCUT2D eigenvalue weighted by molar-refractivity contribution is -0.327. The number of allylic oxidation sites excluding steroid dienone is 2. The van der Waals surface area contributed by atoms with Crippen LogP contribution in [0.1, 0.15) is 113 Å². The minimum atomic E-state index is -0.795. The lowest BCUT2D eigenvalue weighted by atomic mass is 9.33. The zero-order chi connectivity index (χ0) is 24.2. The maximum atomic E-state index is 12.6. The number of aliphatic carboxylic acids is 1. The highest BCUT2D eigenvalue weighted by atomic mass is 16.4. The van der Waals surface area contributed by atoms with Crippen molar-refractivity contribution < 1.29 is 15.0 Å². The summed E-state index contributed by atoms with van der Waals surface area (Å²) in [5.41, 5.74) is 1.43. The summed E-state index contributed by atoms with van der Waals surface area (Å²) in [6.07, 6.45) is 12.3. The molecule has 0 amide bonds. The quantitative estimate of drug-likeness (QED) is 0.501. The van der Waals surface area contributed by atoms with Gasteiger partial charge in [0.25, 0.3) is 0 Å². The number of hydrogen-bond acceptors (Lipinski definition) is 3. The molecule has 33 heavy (non-hydrogen) atoms. The second-order valence-corrected chi connectivity index (χ2v) is 15.0. The molecule has 0 aliphatic heterocycles. The van der Waals surface area contributed by atoms with Gasteiger partial charge in [-0.2, -0.15) is 0 Å². The second kappa shape index (κ2) is 6.89. The van der Waals surface area contributed by atoms with Crippen molar-refractivity contribution in [3.05, 3.63) is 11.6 Å². The molecule has 5 aliphatic carbocycles. The van der Waals surface area contributed by atoms with E-state index in [4.69, 9.17) is 0 Å². The average molecular weight is 456 g/mol. The molecule has 0 heterocycles. The molecular formula is C30H47O3-. The Labute approximate surface area is 201 Å². The van der Waals surface area contributed by atoms with E-state index in [0.717, 1.165) is 51.4 Å². The van der Waals surface area contributed by atoms with E-state index in [9.17, 15) is 15.0 Å². The Kier molecular flexibility index (Phi) is 4.99. The lowest BCUT2D eigenvalue weighted by Crippen LogP contribution is -2.65. The highest BCUT2D eigenvalue weighted by Gasteiger charge is 2.68. The van der Waals surface area contributed by atoms with Gasteiger partial charge >= 0.3 is 0 Å². The maximum Gasteiger partial charge on any atom is 0.0594 e. The largest absolute Gasteiger partial charge is 0.550 e. The van der Waals surface area contributed by atoms with Gasteiger partial charge in [0.15, 0.2) is 0 Å². The number of rotatable bonds is 1. The van der Waals surface area contributed by atoms with E-state index in [0.29, 0.717) is 11.8 Å². The van der Waals surface area contributed by atoms with E-state index in [1.165, 1.54) is 18.4 Å². The fraction of sp³-hybridized carbons (Fsp3) is 0.900. The number of carboxylic acids is 1. The minimum Gasteiger partial charge on any atom is -0.550 e. The van der Waals surface area contributed by atoms with Crippen molar-refractivity contribution in [3.8, 4) is 0 Å². The van der Waals surface area contributed by atoms with Gasteiger partial charge in [0, 0.05) is 11.4 Å². The zero-order valence-corrected chi connectivity index (χ0v) is 22.2. The first-order chi connectivity index (χ1) is 15.1. The standard InChI is InChI=1S/C30H48O3/c1-25(2)14-16-30(24(32)33)17-15-28(6)19(20(30)18-25)8-9-22-27(5)12-11-23(31)26(3,4)21(27)10-13-29(22,28)7/h8,20-23,31H,9-18H2,1-7H3,(H,32,33)/p-1/t20-,21-,22+,23-,27-,28+,29+,30-/m0/s1. The van der Waals surface area contributed by atoms with Crippen LogP contribution < -0.4 is 5.11 Å². The Balaban J connectivity index is 1.60. The molecule has 1 N–H and O–H groups in total. The van der Waals surface area contributed by atoms with Crippen molar-refractivity contribution in [1.82, 2.24) is 0 Å². The van der Waals surface area contributed by atoms with Crippen molar-refractivity contribution in [2.24, 2.45) is 50.2 Å². The summed E-state index contributed by atoms with van der Waals surface area (Å²) in [6.45, 7) is 16.8.